The van der Waals surface area contributed by atoms with Crippen LogP contribution in [0, 0.1) is 5.92 Å². The lowest BCUT2D eigenvalue weighted by Crippen LogP contribution is -2.40. The molecule has 4 heteroatoms. The minimum atomic E-state index is -2.48. The third kappa shape index (κ3) is 6.38. The lowest BCUT2D eigenvalue weighted by Gasteiger charge is -2.26. The molecule has 0 heterocycles. The zero-order valence-electron chi connectivity index (χ0n) is 9.67. The van der Waals surface area contributed by atoms with Crippen molar-refractivity contribution in [3.05, 3.63) is 0 Å². The van der Waals surface area contributed by atoms with Gasteiger partial charge < -0.3 is 0 Å². The first kappa shape index (κ1) is 13.9. The van der Waals surface area contributed by atoms with E-state index in [0.717, 1.165) is 25.7 Å². The summed E-state index contributed by atoms with van der Waals surface area (Å²) in [6.07, 6.45) is 4.00. The largest absolute Gasteiger partial charge is 0.215 e. The standard InChI is InChI=1S/C10H23NO2S/c1-5-10(4,11-14(12)13)8-6-7-9(2)3/h9,14H,5-8H2,1-4H3,(H,11,12,13). The fourth-order valence-corrected chi connectivity index (χ4v) is 2.14. The number of rotatable bonds is 7. The molecule has 1 unspecified atom stereocenters. The molecule has 1 N–H and O–H groups in total. The van der Waals surface area contributed by atoms with Crippen LogP contribution < -0.4 is 4.72 Å². The molecule has 0 aliphatic heterocycles. The summed E-state index contributed by atoms with van der Waals surface area (Å²) in [5.74, 6) is 0.692. The summed E-state index contributed by atoms with van der Waals surface area (Å²) in [5, 5.41) is 0. The molecule has 0 saturated carbocycles. The molecule has 0 bridgehead atoms. The van der Waals surface area contributed by atoms with E-state index in [1.807, 2.05) is 13.8 Å². The normalized spacial score (nSPS) is 16.1. The summed E-state index contributed by atoms with van der Waals surface area (Å²) >= 11 is 0. The number of nitrogens with one attached hydrogen (secondary N) is 1. The van der Waals surface area contributed by atoms with Crippen LogP contribution in [0.2, 0.25) is 0 Å². The van der Waals surface area contributed by atoms with Crippen molar-refractivity contribution in [1.82, 2.24) is 4.72 Å². The molecule has 1 atom stereocenters. The first-order valence-electron chi connectivity index (χ1n) is 5.32. The van der Waals surface area contributed by atoms with Crippen LogP contribution in [0.1, 0.15) is 53.4 Å². The molecule has 0 aliphatic carbocycles. The van der Waals surface area contributed by atoms with Gasteiger partial charge in [0.15, 0.2) is 0 Å². The molecule has 0 saturated heterocycles. The summed E-state index contributed by atoms with van der Waals surface area (Å²) in [6, 6.07) is 0. The van der Waals surface area contributed by atoms with Gasteiger partial charge in [-0.25, -0.2) is 13.1 Å². The number of hydrogen-bond acceptors (Lipinski definition) is 2. The minimum Gasteiger partial charge on any atom is -0.215 e. The molecule has 0 rings (SSSR count). The molecule has 0 aromatic heterocycles. The van der Waals surface area contributed by atoms with Crippen LogP contribution in [-0.4, -0.2) is 14.0 Å². The molecule has 0 amide bonds. The Hall–Kier alpha value is -0.0900. The van der Waals surface area contributed by atoms with Crippen molar-refractivity contribution >= 4 is 10.9 Å². The fraction of sp³-hybridized carbons (Fsp3) is 1.00. The van der Waals surface area contributed by atoms with E-state index < -0.39 is 10.9 Å². The van der Waals surface area contributed by atoms with E-state index in [9.17, 15) is 8.42 Å². The predicted molar refractivity (Wildman–Crippen MR) is 60.8 cm³/mol. The average Bonchev–Trinajstić information content (AvgIpc) is 2.02. The summed E-state index contributed by atoms with van der Waals surface area (Å²) in [6.45, 7) is 8.36. The molecular weight excluding hydrogens is 198 g/mol. The van der Waals surface area contributed by atoms with Gasteiger partial charge in [0.25, 0.3) is 0 Å². The van der Waals surface area contributed by atoms with Crippen molar-refractivity contribution in [2.45, 2.75) is 58.9 Å². The van der Waals surface area contributed by atoms with E-state index in [1.54, 1.807) is 0 Å². The van der Waals surface area contributed by atoms with Gasteiger partial charge in [-0.15, -0.1) is 0 Å². The molecule has 3 nitrogen and oxygen atoms in total. The van der Waals surface area contributed by atoms with Crippen molar-refractivity contribution in [2.75, 3.05) is 0 Å². The second kappa shape index (κ2) is 6.40. The third-order valence-corrected chi connectivity index (χ3v) is 3.37. The molecule has 0 fully saturated rings. The molecule has 14 heavy (non-hydrogen) atoms. The Kier molecular flexibility index (Phi) is 6.36. The van der Waals surface area contributed by atoms with E-state index >= 15 is 0 Å². The van der Waals surface area contributed by atoms with Gasteiger partial charge in [-0.05, 0) is 25.7 Å². The summed E-state index contributed by atoms with van der Waals surface area (Å²) < 4.78 is 23.8. The first-order chi connectivity index (χ1) is 6.39. The van der Waals surface area contributed by atoms with E-state index in [-0.39, 0.29) is 5.54 Å². The highest BCUT2D eigenvalue weighted by molar-refractivity contribution is 7.70. The van der Waals surface area contributed by atoms with Gasteiger partial charge in [0, 0.05) is 5.54 Å². The second-order valence-electron chi connectivity index (χ2n) is 4.57. The Bertz CT molecular complexity index is 218. The SMILES string of the molecule is CCC(C)(CCCC(C)C)N[SH](=O)=O. The molecule has 86 valence electrons. The summed E-state index contributed by atoms with van der Waals surface area (Å²) in [4.78, 5) is 0. The summed E-state index contributed by atoms with van der Waals surface area (Å²) in [7, 11) is -2.48. The lowest BCUT2D eigenvalue weighted by atomic mass is 9.91. The number of hydrogen-bond donors (Lipinski definition) is 2. The zero-order chi connectivity index (χ0) is 11.2. The average molecular weight is 221 g/mol. The fourth-order valence-electron chi connectivity index (χ4n) is 1.43. The Morgan fingerprint density at radius 2 is 1.93 bits per heavy atom. The maximum atomic E-state index is 10.6. The summed E-state index contributed by atoms with van der Waals surface area (Å²) in [5.41, 5.74) is -0.246. The van der Waals surface area contributed by atoms with Gasteiger partial charge >= 0.3 is 0 Å². The third-order valence-electron chi connectivity index (χ3n) is 2.65. The first-order valence-corrected chi connectivity index (χ1v) is 6.49. The molecule has 0 aliphatic rings. The highest BCUT2D eigenvalue weighted by Crippen LogP contribution is 2.19. The predicted octanol–water partition coefficient (Wildman–Crippen LogP) is 2.10. The van der Waals surface area contributed by atoms with Crippen LogP contribution in [0.3, 0.4) is 0 Å². The van der Waals surface area contributed by atoms with Gasteiger partial charge in [0.1, 0.15) is 0 Å². The van der Waals surface area contributed by atoms with E-state index in [2.05, 4.69) is 18.6 Å². The van der Waals surface area contributed by atoms with Crippen LogP contribution in [-0.2, 0) is 10.9 Å². The Morgan fingerprint density at radius 1 is 1.36 bits per heavy atom. The molecule has 0 radical (unpaired) electrons. The van der Waals surface area contributed by atoms with Gasteiger partial charge in [-0.3, -0.25) is 0 Å². The van der Waals surface area contributed by atoms with Crippen LogP contribution in [0.5, 0.6) is 0 Å². The van der Waals surface area contributed by atoms with Crippen molar-refractivity contribution in [2.24, 2.45) is 5.92 Å². The Labute approximate surface area is 89.4 Å². The van der Waals surface area contributed by atoms with Gasteiger partial charge in [-0.1, -0.05) is 33.6 Å². The van der Waals surface area contributed by atoms with Gasteiger partial charge in [-0.2, -0.15) is 0 Å². The van der Waals surface area contributed by atoms with E-state index in [1.165, 1.54) is 0 Å². The Morgan fingerprint density at radius 3 is 2.29 bits per heavy atom. The smallest absolute Gasteiger partial charge is 0.201 e. The minimum absolute atomic E-state index is 0.246. The van der Waals surface area contributed by atoms with Crippen molar-refractivity contribution in [3.63, 3.8) is 0 Å². The van der Waals surface area contributed by atoms with E-state index in [4.69, 9.17) is 0 Å². The van der Waals surface area contributed by atoms with Crippen molar-refractivity contribution in [3.8, 4) is 0 Å². The van der Waals surface area contributed by atoms with Crippen LogP contribution in [0.25, 0.3) is 0 Å². The molecule has 0 aromatic rings. The molecular formula is C10H23NO2S. The van der Waals surface area contributed by atoms with E-state index in [0.29, 0.717) is 5.92 Å². The quantitative estimate of drug-likeness (QED) is 0.647. The highest BCUT2D eigenvalue weighted by atomic mass is 32.2. The van der Waals surface area contributed by atoms with Crippen LogP contribution in [0.4, 0.5) is 0 Å². The van der Waals surface area contributed by atoms with Crippen molar-refractivity contribution in [1.29, 1.82) is 0 Å². The van der Waals surface area contributed by atoms with Crippen molar-refractivity contribution < 1.29 is 8.42 Å². The zero-order valence-corrected chi connectivity index (χ0v) is 10.6. The maximum Gasteiger partial charge on any atom is 0.201 e. The Balaban J connectivity index is 3.99. The maximum absolute atomic E-state index is 10.6. The van der Waals surface area contributed by atoms with Gasteiger partial charge in [0.05, 0.1) is 0 Å². The topological polar surface area (TPSA) is 46.2 Å². The highest BCUT2D eigenvalue weighted by Gasteiger charge is 2.21. The van der Waals surface area contributed by atoms with Crippen LogP contribution >= 0.6 is 0 Å². The molecule has 0 spiro atoms. The van der Waals surface area contributed by atoms with Crippen LogP contribution in [0.15, 0.2) is 0 Å². The monoisotopic (exact) mass is 221 g/mol. The van der Waals surface area contributed by atoms with Gasteiger partial charge in [0.2, 0.25) is 10.9 Å². The number of thiol groups is 1. The molecule has 0 aromatic carbocycles. The second-order valence-corrected chi connectivity index (χ2v) is 5.31. The lowest BCUT2D eigenvalue weighted by molar-refractivity contribution is 0.352.